The Bertz CT molecular complexity index is 240. The molecular formula is C9H13NOS. The van der Waals surface area contributed by atoms with Crippen molar-refractivity contribution >= 4 is 11.8 Å². The fourth-order valence-corrected chi connectivity index (χ4v) is 1.60. The summed E-state index contributed by atoms with van der Waals surface area (Å²) in [7, 11) is 1.67. The second-order valence-corrected chi connectivity index (χ2v) is 3.48. The predicted octanol–water partition coefficient (Wildman–Crippen LogP) is 1.75. The van der Waals surface area contributed by atoms with E-state index < -0.39 is 0 Å². The molecule has 1 rings (SSSR count). The van der Waals surface area contributed by atoms with Gasteiger partial charge in [0.15, 0.2) is 0 Å². The third kappa shape index (κ3) is 2.75. The third-order valence-corrected chi connectivity index (χ3v) is 2.45. The first-order chi connectivity index (χ1) is 5.86. The van der Waals surface area contributed by atoms with Gasteiger partial charge < -0.3 is 10.5 Å². The summed E-state index contributed by atoms with van der Waals surface area (Å²) in [6.07, 6.45) is 0. The predicted molar refractivity (Wildman–Crippen MR) is 52.8 cm³/mol. The molecule has 0 saturated carbocycles. The molecule has 0 spiro atoms. The highest BCUT2D eigenvalue weighted by Crippen LogP contribution is 2.21. The Morgan fingerprint density at radius 2 is 2.33 bits per heavy atom. The molecule has 0 atom stereocenters. The Balaban J connectivity index is 2.60. The van der Waals surface area contributed by atoms with Crippen LogP contribution in [0.1, 0.15) is 0 Å². The first-order valence-corrected chi connectivity index (χ1v) is 4.82. The van der Waals surface area contributed by atoms with Crippen molar-refractivity contribution < 1.29 is 4.74 Å². The lowest BCUT2D eigenvalue weighted by molar-refractivity contribution is 0.413. The van der Waals surface area contributed by atoms with Gasteiger partial charge in [-0.3, -0.25) is 0 Å². The molecular weight excluding hydrogens is 170 g/mol. The molecule has 0 fully saturated rings. The fourth-order valence-electron chi connectivity index (χ4n) is 0.868. The summed E-state index contributed by atoms with van der Waals surface area (Å²) in [4.78, 5) is 1.21. The van der Waals surface area contributed by atoms with Crippen molar-refractivity contribution in [3.63, 3.8) is 0 Å². The minimum absolute atomic E-state index is 0.710. The SMILES string of the molecule is COc1cccc(SCCN)c1. The van der Waals surface area contributed by atoms with E-state index in [1.807, 2.05) is 18.2 Å². The minimum Gasteiger partial charge on any atom is -0.497 e. The van der Waals surface area contributed by atoms with Crippen molar-refractivity contribution in [2.24, 2.45) is 5.73 Å². The van der Waals surface area contributed by atoms with Crippen molar-refractivity contribution in [3.05, 3.63) is 24.3 Å². The quantitative estimate of drug-likeness (QED) is 0.722. The maximum absolute atomic E-state index is 5.39. The van der Waals surface area contributed by atoms with Gasteiger partial charge in [0.05, 0.1) is 7.11 Å². The highest BCUT2D eigenvalue weighted by atomic mass is 32.2. The highest BCUT2D eigenvalue weighted by Gasteiger charge is 1.94. The highest BCUT2D eigenvalue weighted by molar-refractivity contribution is 7.99. The van der Waals surface area contributed by atoms with Crippen LogP contribution in [0, 0.1) is 0 Å². The fraction of sp³-hybridized carbons (Fsp3) is 0.333. The van der Waals surface area contributed by atoms with E-state index in [0.717, 1.165) is 11.5 Å². The van der Waals surface area contributed by atoms with Gasteiger partial charge in [0.2, 0.25) is 0 Å². The molecule has 1 aromatic rings. The van der Waals surface area contributed by atoms with Crippen LogP contribution in [-0.4, -0.2) is 19.4 Å². The smallest absolute Gasteiger partial charge is 0.119 e. The van der Waals surface area contributed by atoms with Gasteiger partial charge in [-0.15, -0.1) is 11.8 Å². The van der Waals surface area contributed by atoms with Crippen molar-refractivity contribution in [3.8, 4) is 5.75 Å². The summed E-state index contributed by atoms with van der Waals surface area (Å²) in [6.45, 7) is 0.710. The van der Waals surface area contributed by atoms with Gasteiger partial charge in [-0.05, 0) is 18.2 Å². The van der Waals surface area contributed by atoms with E-state index in [2.05, 4.69) is 6.07 Å². The first-order valence-electron chi connectivity index (χ1n) is 3.83. The number of methoxy groups -OCH3 is 1. The number of hydrogen-bond acceptors (Lipinski definition) is 3. The minimum atomic E-state index is 0.710. The molecule has 0 unspecified atom stereocenters. The van der Waals surface area contributed by atoms with Crippen LogP contribution in [0.5, 0.6) is 5.75 Å². The molecule has 2 nitrogen and oxygen atoms in total. The van der Waals surface area contributed by atoms with Crippen LogP contribution in [-0.2, 0) is 0 Å². The first kappa shape index (κ1) is 9.42. The monoisotopic (exact) mass is 183 g/mol. The zero-order chi connectivity index (χ0) is 8.81. The average Bonchev–Trinajstić information content (AvgIpc) is 2.15. The van der Waals surface area contributed by atoms with Crippen molar-refractivity contribution in [2.45, 2.75) is 4.90 Å². The van der Waals surface area contributed by atoms with Crippen LogP contribution in [0.25, 0.3) is 0 Å². The van der Waals surface area contributed by atoms with Crippen LogP contribution < -0.4 is 10.5 Å². The molecule has 3 heteroatoms. The molecule has 0 aliphatic carbocycles. The summed E-state index contributed by atoms with van der Waals surface area (Å²) in [5, 5.41) is 0. The van der Waals surface area contributed by atoms with Crippen LogP contribution >= 0.6 is 11.8 Å². The molecule has 0 aliphatic rings. The van der Waals surface area contributed by atoms with Gasteiger partial charge in [-0.1, -0.05) is 6.07 Å². The van der Waals surface area contributed by atoms with Gasteiger partial charge >= 0.3 is 0 Å². The molecule has 0 bridgehead atoms. The zero-order valence-electron chi connectivity index (χ0n) is 7.12. The van der Waals surface area contributed by atoms with Gasteiger partial charge in [-0.2, -0.15) is 0 Å². The standard InChI is InChI=1S/C9H13NOS/c1-11-8-3-2-4-9(7-8)12-6-5-10/h2-4,7H,5-6,10H2,1H3. The van der Waals surface area contributed by atoms with Crippen molar-refractivity contribution in [1.82, 2.24) is 0 Å². The zero-order valence-corrected chi connectivity index (χ0v) is 7.93. The summed E-state index contributed by atoms with van der Waals surface area (Å²) in [5.74, 6) is 1.85. The summed E-state index contributed by atoms with van der Waals surface area (Å²) in [5.41, 5.74) is 5.39. The second kappa shape index (κ2) is 5.06. The number of nitrogens with two attached hydrogens (primary N) is 1. The molecule has 2 N–H and O–H groups in total. The summed E-state index contributed by atoms with van der Waals surface area (Å²) < 4.78 is 5.09. The molecule has 0 heterocycles. The lowest BCUT2D eigenvalue weighted by atomic mass is 10.3. The van der Waals surface area contributed by atoms with Crippen LogP contribution in [0.3, 0.4) is 0 Å². The maximum Gasteiger partial charge on any atom is 0.119 e. The Kier molecular flexibility index (Phi) is 3.97. The summed E-state index contributed by atoms with van der Waals surface area (Å²) in [6, 6.07) is 7.99. The van der Waals surface area contributed by atoms with Gasteiger partial charge in [0, 0.05) is 17.2 Å². The Hall–Kier alpha value is -0.670. The van der Waals surface area contributed by atoms with E-state index in [-0.39, 0.29) is 0 Å². The largest absolute Gasteiger partial charge is 0.497 e. The number of hydrogen-bond donors (Lipinski definition) is 1. The number of ether oxygens (including phenoxy) is 1. The van der Waals surface area contributed by atoms with Gasteiger partial charge in [0.25, 0.3) is 0 Å². The van der Waals surface area contributed by atoms with E-state index in [4.69, 9.17) is 10.5 Å². The van der Waals surface area contributed by atoms with Gasteiger partial charge in [-0.25, -0.2) is 0 Å². The molecule has 0 aliphatic heterocycles. The van der Waals surface area contributed by atoms with E-state index in [0.29, 0.717) is 6.54 Å². The van der Waals surface area contributed by atoms with Crippen molar-refractivity contribution in [1.29, 1.82) is 0 Å². The third-order valence-electron chi connectivity index (χ3n) is 1.43. The van der Waals surface area contributed by atoms with Gasteiger partial charge in [0.1, 0.15) is 5.75 Å². The maximum atomic E-state index is 5.39. The van der Waals surface area contributed by atoms with E-state index >= 15 is 0 Å². The molecule has 0 radical (unpaired) electrons. The van der Waals surface area contributed by atoms with Crippen LogP contribution in [0.4, 0.5) is 0 Å². The summed E-state index contributed by atoms with van der Waals surface area (Å²) >= 11 is 1.74. The van der Waals surface area contributed by atoms with Crippen LogP contribution in [0.2, 0.25) is 0 Å². The average molecular weight is 183 g/mol. The molecule has 0 amide bonds. The lowest BCUT2D eigenvalue weighted by Gasteiger charge is -2.02. The molecule has 0 aromatic heterocycles. The Labute approximate surface area is 77.1 Å². The number of benzene rings is 1. The normalized spacial score (nSPS) is 9.83. The van der Waals surface area contributed by atoms with Crippen molar-refractivity contribution in [2.75, 3.05) is 19.4 Å². The topological polar surface area (TPSA) is 35.2 Å². The van der Waals surface area contributed by atoms with Crippen LogP contribution in [0.15, 0.2) is 29.2 Å². The molecule has 1 aromatic carbocycles. The molecule has 66 valence electrons. The van der Waals surface area contributed by atoms with E-state index in [1.54, 1.807) is 18.9 Å². The number of thioether (sulfide) groups is 1. The Morgan fingerprint density at radius 1 is 1.50 bits per heavy atom. The van der Waals surface area contributed by atoms with E-state index in [9.17, 15) is 0 Å². The Morgan fingerprint density at radius 3 is 3.00 bits per heavy atom. The van der Waals surface area contributed by atoms with E-state index in [1.165, 1.54) is 4.90 Å². The second-order valence-electron chi connectivity index (χ2n) is 2.32. The molecule has 0 saturated heterocycles. The number of rotatable bonds is 4. The lowest BCUT2D eigenvalue weighted by Crippen LogP contribution is -2.00. The molecule has 12 heavy (non-hydrogen) atoms.